The quantitative estimate of drug-likeness (QED) is 0.521. The fourth-order valence-corrected chi connectivity index (χ4v) is 3.49. The highest BCUT2D eigenvalue weighted by Gasteiger charge is 2.43. The van der Waals surface area contributed by atoms with Crippen molar-refractivity contribution in [2.45, 2.75) is 31.8 Å². The van der Waals surface area contributed by atoms with Crippen LogP contribution >= 0.6 is 27.5 Å². The molecular weight excluding hydrogens is 426 g/mol. The lowest BCUT2D eigenvalue weighted by Crippen LogP contribution is -2.43. The van der Waals surface area contributed by atoms with Gasteiger partial charge in [-0.05, 0) is 43.2 Å². The fourth-order valence-electron chi connectivity index (χ4n) is 3.02. The van der Waals surface area contributed by atoms with Gasteiger partial charge in [-0.15, -0.1) is 15.0 Å². The molecule has 1 fully saturated rings. The van der Waals surface area contributed by atoms with Crippen LogP contribution < -0.4 is 0 Å². The number of carbonyl (C=O) groups is 2. The summed E-state index contributed by atoms with van der Waals surface area (Å²) < 4.78 is 5.10. The van der Waals surface area contributed by atoms with E-state index in [1.165, 1.54) is 9.70 Å². The van der Waals surface area contributed by atoms with E-state index in [0.717, 1.165) is 0 Å². The minimum Gasteiger partial charge on any atom is -0.464 e. The van der Waals surface area contributed by atoms with E-state index in [1.54, 1.807) is 31.2 Å². The van der Waals surface area contributed by atoms with Crippen molar-refractivity contribution in [1.82, 2.24) is 25.1 Å². The smallest absolute Gasteiger partial charge is 0.328 e. The van der Waals surface area contributed by atoms with Crippen LogP contribution in [0.1, 0.15) is 31.6 Å². The van der Waals surface area contributed by atoms with Gasteiger partial charge in [0, 0.05) is 5.02 Å². The first-order valence-electron chi connectivity index (χ1n) is 8.14. The molecule has 2 atom stereocenters. The van der Waals surface area contributed by atoms with Crippen LogP contribution in [0.15, 0.2) is 24.3 Å². The molecule has 8 nitrogen and oxygen atoms in total. The lowest BCUT2D eigenvalue weighted by atomic mass is 10.2. The van der Waals surface area contributed by atoms with Crippen molar-refractivity contribution in [3.63, 3.8) is 0 Å². The summed E-state index contributed by atoms with van der Waals surface area (Å²) in [4.78, 5) is 27.5. The fraction of sp³-hybridized carbons (Fsp3) is 0.438. The molecule has 3 rings (SSSR count). The van der Waals surface area contributed by atoms with Gasteiger partial charge in [-0.2, -0.15) is 0 Å². The number of tetrazole rings is 1. The highest BCUT2D eigenvalue weighted by molar-refractivity contribution is 9.09. The highest BCUT2D eigenvalue weighted by atomic mass is 79.9. The van der Waals surface area contributed by atoms with Gasteiger partial charge in [-0.25, -0.2) is 4.79 Å². The molecule has 0 aliphatic carbocycles. The Hall–Kier alpha value is -2.00. The van der Waals surface area contributed by atoms with Crippen LogP contribution in [-0.4, -0.2) is 55.0 Å². The molecule has 1 aromatic heterocycles. The van der Waals surface area contributed by atoms with Crippen molar-refractivity contribution in [2.24, 2.45) is 0 Å². The molecule has 0 unspecified atom stereocenters. The normalized spacial score (nSPS) is 19.6. The largest absolute Gasteiger partial charge is 0.464 e. The van der Waals surface area contributed by atoms with Crippen LogP contribution in [0.25, 0.3) is 5.69 Å². The third-order valence-corrected chi connectivity index (χ3v) is 4.83. The zero-order valence-corrected chi connectivity index (χ0v) is 16.4. The summed E-state index contributed by atoms with van der Waals surface area (Å²) in [5, 5.41) is 13.2. The van der Waals surface area contributed by atoms with E-state index in [1.807, 2.05) is 0 Å². The van der Waals surface area contributed by atoms with Crippen LogP contribution in [0, 0.1) is 0 Å². The van der Waals surface area contributed by atoms with E-state index in [9.17, 15) is 9.59 Å². The zero-order chi connectivity index (χ0) is 18.7. The Morgan fingerprint density at radius 2 is 2.19 bits per heavy atom. The number of nitrogens with zero attached hydrogens (tertiary/aromatic N) is 5. The Labute approximate surface area is 163 Å². The molecule has 2 aromatic rings. The van der Waals surface area contributed by atoms with Crippen molar-refractivity contribution in [3.05, 3.63) is 35.1 Å². The average molecular weight is 443 g/mol. The van der Waals surface area contributed by atoms with E-state index in [2.05, 4.69) is 31.3 Å². The number of hydrogen-bond donors (Lipinski definition) is 0. The van der Waals surface area contributed by atoms with E-state index in [0.29, 0.717) is 29.4 Å². The molecular formula is C16H17BrClN5O3. The number of ether oxygens (including phenoxy) is 1. The Morgan fingerprint density at radius 1 is 1.38 bits per heavy atom. The molecule has 26 heavy (non-hydrogen) atoms. The Bertz CT molecular complexity index is 815. The molecule has 1 saturated heterocycles. The number of likely N-dealkylation sites (tertiary alicyclic amines) is 1. The van der Waals surface area contributed by atoms with Gasteiger partial charge in [0.05, 0.1) is 23.7 Å². The molecule has 1 amide bonds. The van der Waals surface area contributed by atoms with E-state index < -0.39 is 18.1 Å². The monoisotopic (exact) mass is 441 g/mol. The maximum absolute atomic E-state index is 12.4. The van der Waals surface area contributed by atoms with Crippen LogP contribution in [0.5, 0.6) is 0 Å². The Morgan fingerprint density at radius 3 is 2.88 bits per heavy atom. The zero-order valence-electron chi connectivity index (χ0n) is 14.0. The third kappa shape index (κ3) is 3.73. The van der Waals surface area contributed by atoms with Gasteiger partial charge in [-0.3, -0.25) is 4.79 Å². The molecule has 0 bridgehead atoms. The number of esters is 1. The average Bonchev–Trinajstić information content (AvgIpc) is 3.28. The van der Waals surface area contributed by atoms with Crippen molar-refractivity contribution in [1.29, 1.82) is 0 Å². The molecule has 0 radical (unpaired) electrons. The van der Waals surface area contributed by atoms with Gasteiger partial charge in [0.2, 0.25) is 5.91 Å². The number of hydrogen-bond acceptors (Lipinski definition) is 6. The van der Waals surface area contributed by atoms with E-state index in [-0.39, 0.29) is 17.8 Å². The number of benzene rings is 1. The first kappa shape index (κ1) is 18.8. The molecule has 0 spiro atoms. The number of aromatic nitrogens is 4. The summed E-state index contributed by atoms with van der Waals surface area (Å²) in [6, 6.07) is 5.98. The number of halogens is 2. The molecule has 1 aliphatic rings. The Kier molecular flexibility index (Phi) is 5.87. The second-order valence-corrected chi connectivity index (χ2v) is 6.71. The first-order valence-corrected chi connectivity index (χ1v) is 9.64. The number of alkyl halides is 1. The Balaban J connectivity index is 1.88. The first-order chi connectivity index (χ1) is 12.5. The lowest BCUT2D eigenvalue weighted by Gasteiger charge is -2.26. The number of rotatable bonds is 5. The summed E-state index contributed by atoms with van der Waals surface area (Å²) in [5.74, 6) is -0.248. The molecule has 1 aliphatic heterocycles. The van der Waals surface area contributed by atoms with E-state index in [4.69, 9.17) is 16.3 Å². The van der Waals surface area contributed by atoms with Gasteiger partial charge in [-0.1, -0.05) is 33.6 Å². The van der Waals surface area contributed by atoms with Gasteiger partial charge in [0.25, 0.3) is 0 Å². The predicted molar refractivity (Wildman–Crippen MR) is 97.2 cm³/mol. The van der Waals surface area contributed by atoms with Crippen molar-refractivity contribution >= 4 is 39.4 Å². The minimum absolute atomic E-state index is 0.0990. The van der Waals surface area contributed by atoms with Gasteiger partial charge >= 0.3 is 5.97 Å². The topological polar surface area (TPSA) is 90.2 Å². The predicted octanol–water partition coefficient (Wildman–Crippen LogP) is 2.31. The van der Waals surface area contributed by atoms with Gasteiger partial charge in [0.15, 0.2) is 5.82 Å². The van der Waals surface area contributed by atoms with Crippen molar-refractivity contribution in [3.8, 4) is 5.69 Å². The minimum atomic E-state index is -0.636. The van der Waals surface area contributed by atoms with Crippen LogP contribution in [0.3, 0.4) is 0 Å². The molecule has 0 N–H and O–H groups in total. The SMILES string of the molecule is CCOC(=O)[C@@H]1CC[C@H](c2nnn(-c3cccc(Cl)c3)n2)N1C(=O)CBr. The molecule has 138 valence electrons. The van der Waals surface area contributed by atoms with Crippen molar-refractivity contribution < 1.29 is 14.3 Å². The number of carbonyl (C=O) groups excluding carboxylic acids is 2. The summed E-state index contributed by atoms with van der Waals surface area (Å²) in [5.41, 5.74) is 0.662. The molecule has 0 saturated carbocycles. The van der Waals surface area contributed by atoms with Gasteiger partial charge < -0.3 is 9.64 Å². The van der Waals surface area contributed by atoms with Crippen molar-refractivity contribution in [2.75, 3.05) is 11.9 Å². The third-order valence-electron chi connectivity index (χ3n) is 4.11. The molecule has 10 heteroatoms. The number of amides is 1. The van der Waals surface area contributed by atoms with Gasteiger partial charge in [0.1, 0.15) is 6.04 Å². The summed E-state index contributed by atoms with van der Waals surface area (Å²) in [6.45, 7) is 2.00. The highest BCUT2D eigenvalue weighted by Crippen LogP contribution is 2.35. The van der Waals surface area contributed by atoms with Crippen LogP contribution in [0.4, 0.5) is 0 Å². The second kappa shape index (κ2) is 8.13. The second-order valence-electron chi connectivity index (χ2n) is 5.71. The standard InChI is InChI=1S/C16H17BrClN5O3/c1-2-26-16(25)13-7-6-12(22(13)14(24)9-17)15-19-21-23(20-15)11-5-3-4-10(18)8-11/h3-5,8,12-13H,2,6-7,9H2,1H3/t12-,13+/m1/s1. The molecule has 2 heterocycles. The summed E-state index contributed by atoms with van der Waals surface area (Å²) in [6.07, 6.45) is 1.05. The van der Waals surface area contributed by atoms with Crippen LogP contribution in [-0.2, 0) is 14.3 Å². The maximum Gasteiger partial charge on any atom is 0.328 e. The maximum atomic E-state index is 12.4. The summed E-state index contributed by atoms with van der Waals surface area (Å²) in [7, 11) is 0. The lowest BCUT2D eigenvalue weighted by molar-refractivity contribution is -0.153. The molecule has 1 aromatic carbocycles. The van der Waals surface area contributed by atoms with Crippen LogP contribution in [0.2, 0.25) is 5.02 Å². The summed E-state index contributed by atoms with van der Waals surface area (Å²) >= 11 is 9.17. The van der Waals surface area contributed by atoms with E-state index >= 15 is 0 Å².